The number of furan rings is 1. The molecule has 0 unspecified atom stereocenters. The Hall–Kier alpha value is -1.42. The van der Waals surface area contributed by atoms with Crippen molar-refractivity contribution in [3.63, 3.8) is 0 Å². The number of hydrogen-bond acceptors (Lipinski definition) is 2. The number of hydrogen-bond donors (Lipinski definition) is 1. The van der Waals surface area contributed by atoms with Gasteiger partial charge in [-0.2, -0.15) is 4.39 Å². The quantitative estimate of drug-likeness (QED) is 0.883. The van der Waals surface area contributed by atoms with Gasteiger partial charge in [-0.25, -0.2) is 4.39 Å². The summed E-state index contributed by atoms with van der Waals surface area (Å²) in [5, 5.41) is 3.86. The number of rotatable bonds is 4. The van der Waals surface area contributed by atoms with Crippen molar-refractivity contribution in [2.75, 3.05) is 6.54 Å². The molecule has 0 aliphatic carbocycles. The van der Waals surface area contributed by atoms with E-state index >= 15 is 0 Å². The van der Waals surface area contributed by atoms with Crippen molar-refractivity contribution in [1.29, 1.82) is 0 Å². The van der Waals surface area contributed by atoms with Crippen LogP contribution in [0.3, 0.4) is 0 Å². The largest absolute Gasteiger partial charge is 0.461 e. The van der Waals surface area contributed by atoms with Crippen LogP contribution in [0.25, 0.3) is 11.0 Å². The topological polar surface area (TPSA) is 25.2 Å². The molecule has 92 valence electrons. The molecule has 0 bridgehead atoms. The molecule has 1 aromatic carbocycles. The minimum Gasteiger partial charge on any atom is -0.461 e. The summed E-state index contributed by atoms with van der Waals surface area (Å²) in [6, 6.07) is 2.67. The van der Waals surface area contributed by atoms with E-state index in [-0.39, 0.29) is 5.58 Å². The van der Waals surface area contributed by atoms with Crippen LogP contribution in [0.1, 0.15) is 19.4 Å². The molecular formula is C13H15F2NO. The van der Waals surface area contributed by atoms with Gasteiger partial charge in [0.15, 0.2) is 11.4 Å². The van der Waals surface area contributed by atoms with Crippen LogP contribution < -0.4 is 5.32 Å². The Morgan fingerprint density at radius 2 is 2.06 bits per heavy atom. The molecule has 0 saturated carbocycles. The fourth-order valence-corrected chi connectivity index (χ4v) is 1.73. The maximum atomic E-state index is 13.4. The normalized spacial score (nSPS) is 11.6. The van der Waals surface area contributed by atoms with Crippen LogP contribution in [0.2, 0.25) is 0 Å². The molecule has 2 rings (SSSR count). The van der Waals surface area contributed by atoms with Gasteiger partial charge in [0.1, 0.15) is 0 Å². The Labute approximate surface area is 98.6 Å². The van der Waals surface area contributed by atoms with Crippen LogP contribution in [0.15, 0.2) is 22.8 Å². The average molecular weight is 239 g/mol. The van der Waals surface area contributed by atoms with E-state index in [0.717, 1.165) is 18.2 Å². The molecule has 1 aromatic heterocycles. The highest BCUT2D eigenvalue weighted by molar-refractivity contribution is 5.81. The van der Waals surface area contributed by atoms with Crippen LogP contribution in [0, 0.1) is 17.6 Å². The molecule has 0 aliphatic heterocycles. The lowest BCUT2D eigenvalue weighted by Crippen LogP contribution is -2.18. The SMILES string of the molecule is CC(C)CNCc1coc2c(F)c(F)ccc12. The molecule has 17 heavy (non-hydrogen) atoms. The van der Waals surface area contributed by atoms with E-state index in [2.05, 4.69) is 19.2 Å². The molecule has 0 amide bonds. The molecule has 4 heteroatoms. The molecule has 2 nitrogen and oxygen atoms in total. The van der Waals surface area contributed by atoms with Gasteiger partial charge in [-0.3, -0.25) is 0 Å². The zero-order valence-electron chi connectivity index (χ0n) is 9.89. The smallest absolute Gasteiger partial charge is 0.201 e. The number of halogens is 2. The Morgan fingerprint density at radius 1 is 1.29 bits per heavy atom. The fraction of sp³-hybridized carbons (Fsp3) is 0.385. The van der Waals surface area contributed by atoms with Gasteiger partial charge in [0.05, 0.1) is 6.26 Å². The molecule has 0 fully saturated rings. The van der Waals surface area contributed by atoms with Crippen molar-refractivity contribution in [2.24, 2.45) is 5.92 Å². The van der Waals surface area contributed by atoms with Gasteiger partial charge in [0.2, 0.25) is 5.82 Å². The van der Waals surface area contributed by atoms with Crippen LogP contribution in [0.5, 0.6) is 0 Å². The molecule has 1 N–H and O–H groups in total. The highest BCUT2D eigenvalue weighted by atomic mass is 19.2. The first-order valence-electron chi connectivity index (χ1n) is 5.64. The van der Waals surface area contributed by atoms with Gasteiger partial charge >= 0.3 is 0 Å². The first kappa shape index (κ1) is 12.0. The van der Waals surface area contributed by atoms with Crippen molar-refractivity contribution in [3.05, 3.63) is 35.6 Å². The molecule has 0 atom stereocenters. The second-order valence-corrected chi connectivity index (χ2v) is 4.52. The second-order valence-electron chi connectivity index (χ2n) is 4.52. The minimum atomic E-state index is -0.919. The number of nitrogens with one attached hydrogen (secondary N) is 1. The van der Waals surface area contributed by atoms with Crippen molar-refractivity contribution in [2.45, 2.75) is 20.4 Å². The molecule has 1 heterocycles. The lowest BCUT2D eigenvalue weighted by Gasteiger charge is -2.05. The van der Waals surface area contributed by atoms with Crippen LogP contribution in [0.4, 0.5) is 8.78 Å². The zero-order valence-corrected chi connectivity index (χ0v) is 9.89. The second kappa shape index (κ2) is 4.84. The van der Waals surface area contributed by atoms with E-state index in [9.17, 15) is 8.78 Å². The van der Waals surface area contributed by atoms with Gasteiger partial charge in [-0.05, 0) is 24.6 Å². The lowest BCUT2D eigenvalue weighted by molar-refractivity contribution is 0.491. The van der Waals surface area contributed by atoms with Gasteiger partial charge < -0.3 is 9.73 Å². The van der Waals surface area contributed by atoms with E-state index in [1.54, 1.807) is 6.07 Å². The Kier molecular flexibility index (Phi) is 3.43. The van der Waals surface area contributed by atoms with Gasteiger partial charge in [-0.1, -0.05) is 13.8 Å². The summed E-state index contributed by atoms with van der Waals surface area (Å²) in [5.41, 5.74) is 0.839. The molecule has 0 spiro atoms. The maximum Gasteiger partial charge on any atom is 0.201 e. The van der Waals surface area contributed by atoms with E-state index in [4.69, 9.17) is 4.42 Å². The zero-order chi connectivity index (χ0) is 12.4. The van der Waals surface area contributed by atoms with E-state index in [1.807, 2.05) is 0 Å². The summed E-state index contributed by atoms with van der Waals surface area (Å²) in [6.45, 7) is 5.68. The number of fused-ring (bicyclic) bond motifs is 1. The third-order valence-corrected chi connectivity index (χ3v) is 2.58. The van der Waals surface area contributed by atoms with Crippen molar-refractivity contribution in [1.82, 2.24) is 5.32 Å². The average Bonchev–Trinajstić information content (AvgIpc) is 2.67. The van der Waals surface area contributed by atoms with Crippen molar-refractivity contribution < 1.29 is 13.2 Å². The highest BCUT2D eigenvalue weighted by Crippen LogP contribution is 2.25. The van der Waals surface area contributed by atoms with E-state index in [0.29, 0.717) is 17.8 Å². The summed E-state index contributed by atoms with van der Waals surface area (Å²) in [7, 11) is 0. The van der Waals surface area contributed by atoms with Crippen molar-refractivity contribution in [3.8, 4) is 0 Å². The van der Waals surface area contributed by atoms with Crippen LogP contribution in [-0.2, 0) is 6.54 Å². The summed E-state index contributed by atoms with van der Waals surface area (Å²) in [5.74, 6) is -1.26. The molecular weight excluding hydrogens is 224 g/mol. The third-order valence-electron chi connectivity index (χ3n) is 2.58. The summed E-state index contributed by atoms with van der Waals surface area (Å²) in [6.07, 6.45) is 1.47. The van der Waals surface area contributed by atoms with E-state index < -0.39 is 11.6 Å². The molecule has 0 radical (unpaired) electrons. The van der Waals surface area contributed by atoms with Gasteiger partial charge in [0, 0.05) is 17.5 Å². The lowest BCUT2D eigenvalue weighted by atomic mass is 10.1. The molecule has 0 saturated heterocycles. The van der Waals surface area contributed by atoms with Crippen molar-refractivity contribution >= 4 is 11.0 Å². The highest BCUT2D eigenvalue weighted by Gasteiger charge is 2.13. The minimum absolute atomic E-state index is 0.00801. The fourth-order valence-electron chi connectivity index (χ4n) is 1.73. The summed E-state index contributed by atoms with van der Waals surface area (Å²) >= 11 is 0. The van der Waals surface area contributed by atoms with E-state index in [1.165, 1.54) is 6.26 Å². The maximum absolute atomic E-state index is 13.4. The van der Waals surface area contributed by atoms with Gasteiger partial charge in [0.25, 0.3) is 0 Å². The monoisotopic (exact) mass is 239 g/mol. The van der Waals surface area contributed by atoms with Gasteiger partial charge in [-0.15, -0.1) is 0 Å². The Bertz CT molecular complexity index is 519. The molecule has 2 aromatic rings. The number of benzene rings is 1. The first-order chi connectivity index (χ1) is 8.09. The Balaban J connectivity index is 2.22. The molecule has 0 aliphatic rings. The van der Waals surface area contributed by atoms with Crippen LogP contribution >= 0.6 is 0 Å². The summed E-state index contributed by atoms with van der Waals surface area (Å²) in [4.78, 5) is 0. The predicted molar refractivity (Wildman–Crippen MR) is 62.7 cm³/mol. The summed E-state index contributed by atoms with van der Waals surface area (Å²) < 4.78 is 31.4. The predicted octanol–water partition coefficient (Wildman–Crippen LogP) is 3.46. The third kappa shape index (κ3) is 2.47. The first-order valence-corrected chi connectivity index (χ1v) is 5.64. The standard InChI is InChI=1S/C13H15F2NO/c1-8(2)5-16-6-9-7-17-13-10(9)3-4-11(14)12(13)15/h3-4,7-8,16H,5-6H2,1-2H3. The van der Waals surface area contributed by atoms with Crippen LogP contribution in [-0.4, -0.2) is 6.54 Å². The Morgan fingerprint density at radius 3 is 2.76 bits per heavy atom.